The van der Waals surface area contributed by atoms with Crippen LogP contribution in [0.5, 0.6) is 5.75 Å². The lowest BCUT2D eigenvalue weighted by molar-refractivity contribution is 0.405. The van der Waals surface area contributed by atoms with Gasteiger partial charge < -0.3 is 4.74 Å². The molecule has 0 saturated heterocycles. The SMILES string of the molecule is COc1ccc(C)cc1C1CCC(Br)C1. The van der Waals surface area contributed by atoms with Gasteiger partial charge >= 0.3 is 0 Å². The lowest BCUT2D eigenvalue weighted by atomic mass is 9.95. The van der Waals surface area contributed by atoms with Crippen molar-refractivity contribution in [2.45, 2.75) is 36.9 Å². The van der Waals surface area contributed by atoms with Crippen molar-refractivity contribution >= 4 is 15.9 Å². The van der Waals surface area contributed by atoms with Gasteiger partial charge in [-0.15, -0.1) is 0 Å². The fourth-order valence-corrected chi connectivity index (χ4v) is 3.10. The maximum atomic E-state index is 5.43. The molecule has 1 aromatic rings. The third-order valence-corrected chi connectivity index (χ3v) is 4.03. The normalized spacial score (nSPS) is 25.5. The van der Waals surface area contributed by atoms with Crippen LogP contribution in [-0.2, 0) is 0 Å². The predicted octanol–water partition coefficient (Wildman–Crippen LogP) is 4.03. The highest BCUT2D eigenvalue weighted by Gasteiger charge is 2.26. The first-order valence-corrected chi connectivity index (χ1v) is 6.41. The predicted molar refractivity (Wildman–Crippen MR) is 67.0 cm³/mol. The number of aryl methyl sites for hydroxylation is 1. The van der Waals surface area contributed by atoms with Crippen molar-refractivity contribution in [1.29, 1.82) is 0 Å². The van der Waals surface area contributed by atoms with Crippen molar-refractivity contribution in [1.82, 2.24) is 0 Å². The first-order valence-electron chi connectivity index (χ1n) is 5.49. The number of ether oxygens (including phenoxy) is 1. The summed E-state index contributed by atoms with van der Waals surface area (Å²) in [5.74, 6) is 1.72. The maximum absolute atomic E-state index is 5.43. The number of hydrogen-bond donors (Lipinski definition) is 0. The minimum absolute atomic E-state index is 0.671. The molecule has 0 spiro atoms. The summed E-state index contributed by atoms with van der Waals surface area (Å²) in [4.78, 5) is 0.688. The zero-order valence-corrected chi connectivity index (χ0v) is 10.9. The third kappa shape index (κ3) is 2.36. The molecular weight excluding hydrogens is 252 g/mol. The molecule has 82 valence electrons. The summed E-state index contributed by atoms with van der Waals surface area (Å²) < 4.78 is 5.43. The van der Waals surface area contributed by atoms with Gasteiger partial charge in [-0.25, -0.2) is 0 Å². The molecule has 0 heterocycles. The van der Waals surface area contributed by atoms with E-state index in [1.54, 1.807) is 7.11 Å². The Morgan fingerprint density at radius 2 is 2.13 bits per heavy atom. The molecule has 1 fully saturated rings. The Labute approximate surface area is 100.0 Å². The zero-order chi connectivity index (χ0) is 10.8. The van der Waals surface area contributed by atoms with Crippen LogP contribution in [0, 0.1) is 6.92 Å². The van der Waals surface area contributed by atoms with Gasteiger partial charge in [0.15, 0.2) is 0 Å². The molecule has 0 N–H and O–H groups in total. The molecule has 2 atom stereocenters. The third-order valence-electron chi connectivity index (χ3n) is 3.19. The van der Waals surface area contributed by atoms with E-state index in [1.165, 1.54) is 30.4 Å². The zero-order valence-electron chi connectivity index (χ0n) is 9.29. The van der Waals surface area contributed by atoms with Gasteiger partial charge in [-0.1, -0.05) is 33.6 Å². The Morgan fingerprint density at radius 1 is 1.33 bits per heavy atom. The van der Waals surface area contributed by atoms with Crippen molar-refractivity contribution in [2.75, 3.05) is 7.11 Å². The lowest BCUT2D eigenvalue weighted by Gasteiger charge is -2.15. The first kappa shape index (κ1) is 11.0. The summed E-state index contributed by atoms with van der Waals surface area (Å²) >= 11 is 3.70. The largest absolute Gasteiger partial charge is 0.496 e. The number of hydrogen-bond acceptors (Lipinski definition) is 1. The molecule has 1 saturated carbocycles. The smallest absolute Gasteiger partial charge is 0.122 e. The van der Waals surface area contributed by atoms with E-state index in [-0.39, 0.29) is 0 Å². The van der Waals surface area contributed by atoms with Crippen LogP contribution in [0.3, 0.4) is 0 Å². The van der Waals surface area contributed by atoms with Crippen LogP contribution < -0.4 is 4.74 Å². The molecule has 1 aliphatic rings. The Morgan fingerprint density at radius 3 is 2.73 bits per heavy atom. The van der Waals surface area contributed by atoms with E-state index in [1.807, 2.05) is 0 Å². The molecule has 0 aliphatic heterocycles. The van der Waals surface area contributed by atoms with Crippen LogP contribution in [0.15, 0.2) is 18.2 Å². The van der Waals surface area contributed by atoms with Crippen molar-refractivity contribution in [3.8, 4) is 5.75 Å². The highest BCUT2D eigenvalue weighted by atomic mass is 79.9. The van der Waals surface area contributed by atoms with E-state index in [2.05, 4.69) is 41.1 Å². The highest BCUT2D eigenvalue weighted by molar-refractivity contribution is 9.09. The highest BCUT2D eigenvalue weighted by Crippen LogP contribution is 2.41. The molecule has 0 bridgehead atoms. The quantitative estimate of drug-likeness (QED) is 0.736. The first-order chi connectivity index (χ1) is 7.20. The molecular formula is C13H17BrO. The summed E-state index contributed by atoms with van der Waals surface area (Å²) in [6.07, 6.45) is 3.79. The van der Waals surface area contributed by atoms with Crippen molar-refractivity contribution in [3.63, 3.8) is 0 Å². The Balaban J connectivity index is 2.29. The van der Waals surface area contributed by atoms with E-state index in [0.717, 1.165) is 5.75 Å². The molecule has 1 aromatic carbocycles. The monoisotopic (exact) mass is 268 g/mol. The van der Waals surface area contributed by atoms with E-state index in [4.69, 9.17) is 4.74 Å². The van der Waals surface area contributed by atoms with Crippen molar-refractivity contribution < 1.29 is 4.74 Å². The second-order valence-corrected chi connectivity index (χ2v) is 5.65. The van der Waals surface area contributed by atoms with Crippen LogP contribution in [0.4, 0.5) is 0 Å². The van der Waals surface area contributed by atoms with Crippen LogP contribution in [0.25, 0.3) is 0 Å². The van der Waals surface area contributed by atoms with Gasteiger partial charge in [0.2, 0.25) is 0 Å². The van der Waals surface area contributed by atoms with Gasteiger partial charge in [0.05, 0.1) is 7.11 Å². The fraction of sp³-hybridized carbons (Fsp3) is 0.538. The van der Waals surface area contributed by atoms with E-state index < -0.39 is 0 Å². The molecule has 1 nitrogen and oxygen atoms in total. The van der Waals surface area contributed by atoms with Crippen molar-refractivity contribution in [3.05, 3.63) is 29.3 Å². The van der Waals surface area contributed by atoms with Gasteiger partial charge in [0.1, 0.15) is 5.75 Å². The molecule has 0 aromatic heterocycles. The Hall–Kier alpha value is -0.500. The van der Waals surface area contributed by atoms with Crippen LogP contribution in [-0.4, -0.2) is 11.9 Å². The molecule has 2 heteroatoms. The topological polar surface area (TPSA) is 9.23 Å². The molecule has 2 unspecified atom stereocenters. The van der Waals surface area contributed by atoms with Crippen LogP contribution in [0.1, 0.15) is 36.3 Å². The van der Waals surface area contributed by atoms with E-state index in [0.29, 0.717) is 10.7 Å². The summed E-state index contributed by atoms with van der Waals surface area (Å²) in [5.41, 5.74) is 2.71. The summed E-state index contributed by atoms with van der Waals surface area (Å²) in [7, 11) is 1.76. The minimum Gasteiger partial charge on any atom is -0.496 e. The van der Waals surface area contributed by atoms with Crippen LogP contribution >= 0.6 is 15.9 Å². The van der Waals surface area contributed by atoms with Gasteiger partial charge in [0.25, 0.3) is 0 Å². The summed E-state index contributed by atoms with van der Waals surface area (Å²) in [6, 6.07) is 6.48. The molecule has 15 heavy (non-hydrogen) atoms. The Bertz CT molecular complexity index is 348. The standard InChI is InChI=1S/C13H17BrO/c1-9-3-6-13(15-2)12(7-9)10-4-5-11(14)8-10/h3,6-7,10-11H,4-5,8H2,1-2H3. The number of rotatable bonds is 2. The average molecular weight is 269 g/mol. The molecule has 1 aliphatic carbocycles. The average Bonchev–Trinajstić information content (AvgIpc) is 2.65. The van der Waals surface area contributed by atoms with E-state index >= 15 is 0 Å². The Kier molecular flexibility index (Phi) is 3.35. The van der Waals surface area contributed by atoms with Crippen LogP contribution in [0.2, 0.25) is 0 Å². The van der Waals surface area contributed by atoms with Gasteiger partial charge in [-0.3, -0.25) is 0 Å². The van der Waals surface area contributed by atoms with Gasteiger partial charge in [0, 0.05) is 4.83 Å². The minimum atomic E-state index is 0.671. The molecule has 2 rings (SSSR count). The second-order valence-electron chi connectivity index (χ2n) is 4.35. The second kappa shape index (κ2) is 4.56. The molecule has 0 radical (unpaired) electrons. The molecule has 0 amide bonds. The summed E-state index contributed by atoms with van der Waals surface area (Å²) in [5, 5.41) is 0. The lowest BCUT2D eigenvalue weighted by Crippen LogP contribution is -1.99. The number of benzene rings is 1. The number of halogens is 1. The van der Waals surface area contributed by atoms with Crippen molar-refractivity contribution in [2.24, 2.45) is 0 Å². The number of methoxy groups -OCH3 is 1. The van der Waals surface area contributed by atoms with Gasteiger partial charge in [-0.2, -0.15) is 0 Å². The summed E-state index contributed by atoms with van der Waals surface area (Å²) in [6.45, 7) is 2.14. The van der Waals surface area contributed by atoms with Gasteiger partial charge in [-0.05, 0) is 43.7 Å². The maximum Gasteiger partial charge on any atom is 0.122 e. The number of alkyl halides is 1. The van der Waals surface area contributed by atoms with E-state index in [9.17, 15) is 0 Å². The fourth-order valence-electron chi connectivity index (χ4n) is 2.38.